The Labute approximate surface area is 172 Å². The summed E-state index contributed by atoms with van der Waals surface area (Å²) >= 11 is 7.30. The Morgan fingerprint density at radius 1 is 1.18 bits per heavy atom. The van der Waals surface area contributed by atoms with Crippen molar-refractivity contribution in [1.82, 2.24) is 20.1 Å². The third-order valence-corrected chi connectivity index (χ3v) is 5.50. The zero-order valence-electron chi connectivity index (χ0n) is 15.5. The molecule has 1 N–H and O–H groups in total. The molecule has 8 heteroatoms. The van der Waals surface area contributed by atoms with Gasteiger partial charge in [-0.05, 0) is 55.8 Å². The maximum atomic E-state index is 13.0. The van der Waals surface area contributed by atoms with Crippen LogP contribution in [0.3, 0.4) is 0 Å². The number of benzene rings is 2. The van der Waals surface area contributed by atoms with Gasteiger partial charge in [-0.1, -0.05) is 35.5 Å². The third kappa shape index (κ3) is 4.91. The van der Waals surface area contributed by atoms with E-state index in [4.69, 9.17) is 11.6 Å². The number of halogens is 2. The van der Waals surface area contributed by atoms with Crippen molar-refractivity contribution >= 4 is 29.3 Å². The average Bonchev–Trinajstić information content (AvgIpc) is 3.10. The van der Waals surface area contributed by atoms with Crippen molar-refractivity contribution in [2.75, 3.05) is 0 Å². The molecule has 0 saturated heterocycles. The first-order chi connectivity index (χ1) is 13.5. The van der Waals surface area contributed by atoms with Crippen LogP contribution in [0.15, 0.2) is 53.7 Å². The minimum atomic E-state index is -0.354. The van der Waals surface area contributed by atoms with E-state index >= 15 is 0 Å². The summed E-state index contributed by atoms with van der Waals surface area (Å²) in [6.45, 7) is 4.85. The summed E-state index contributed by atoms with van der Waals surface area (Å²) in [6, 6.07) is 13.5. The van der Waals surface area contributed by atoms with Crippen LogP contribution in [0, 0.1) is 5.82 Å². The largest absolute Gasteiger partial charge is 0.351 e. The highest BCUT2D eigenvalue weighted by Crippen LogP contribution is 2.27. The van der Waals surface area contributed by atoms with Gasteiger partial charge in [0.05, 0.1) is 5.25 Å². The quantitative estimate of drug-likeness (QED) is 0.571. The highest BCUT2D eigenvalue weighted by molar-refractivity contribution is 8.00. The Morgan fingerprint density at radius 2 is 1.86 bits per heavy atom. The van der Waals surface area contributed by atoms with E-state index in [1.54, 1.807) is 12.1 Å². The molecule has 0 fully saturated rings. The number of aromatic nitrogens is 3. The van der Waals surface area contributed by atoms with Crippen LogP contribution in [0.1, 0.15) is 19.4 Å². The summed E-state index contributed by atoms with van der Waals surface area (Å²) in [7, 11) is 0. The van der Waals surface area contributed by atoms with Crippen molar-refractivity contribution in [2.24, 2.45) is 0 Å². The van der Waals surface area contributed by atoms with Crippen molar-refractivity contribution in [2.45, 2.75) is 37.3 Å². The van der Waals surface area contributed by atoms with Crippen LogP contribution in [0.2, 0.25) is 5.02 Å². The first-order valence-electron chi connectivity index (χ1n) is 8.86. The standard InChI is InChI=1S/C20H20ClFN4OS/c1-3-26-18(15-6-8-16(21)9-7-15)24-25-20(26)28-13(2)19(27)23-12-14-4-10-17(22)11-5-14/h4-11,13H,3,12H2,1-2H3,(H,23,27)/t13-/m0/s1. The molecule has 0 unspecified atom stereocenters. The lowest BCUT2D eigenvalue weighted by molar-refractivity contribution is -0.120. The molecule has 0 aliphatic heterocycles. The van der Waals surface area contributed by atoms with Crippen LogP contribution in [-0.2, 0) is 17.9 Å². The lowest BCUT2D eigenvalue weighted by Gasteiger charge is -2.13. The van der Waals surface area contributed by atoms with E-state index < -0.39 is 0 Å². The van der Waals surface area contributed by atoms with Crippen molar-refractivity contribution in [3.63, 3.8) is 0 Å². The highest BCUT2D eigenvalue weighted by Gasteiger charge is 2.20. The first kappa shape index (κ1) is 20.4. The molecule has 5 nitrogen and oxygen atoms in total. The van der Waals surface area contributed by atoms with E-state index in [1.807, 2.05) is 42.7 Å². The molecule has 1 atom stereocenters. The maximum Gasteiger partial charge on any atom is 0.233 e. The van der Waals surface area contributed by atoms with Gasteiger partial charge in [0, 0.05) is 23.7 Å². The van der Waals surface area contributed by atoms with Gasteiger partial charge in [-0.3, -0.25) is 4.79 Å². The zero-order valence-corrected chi connectivity index (χ0v) is 17.1. The molecule has 0 saturated carbocycles. The number of amides is 1. The molecule has 1 heterocycles. The van der Waals surface area contributed by atoms with Gasteiger partial charge in [0.1, 0.15) is 5.82 Å². The second-order valence-electron chi connectivity index (χ2n) is 6.16. The van der Waals surface area contributed by atoms with Crippen LogP contribution in [0.4, 0.5) is 4.39 Å². The predicted molar refractivity (Wildman–Crippen MR) is 110 cm³/mol. The second-order valence-corrected chi connectivity index (χ2v) is 7.91. The lowest BCUT2D eigenvalue weighted by atomic mass is 10.2. The number of rotatable bonds is 7. The predicted octanol–water partition coefficient (Wildman–Crippen LogP) is 4.55. The minimum absolute atomic E-state index is 0.118. The molecule has 0 aliphatic rings. The molecule has 28 heavy (non-hydrogen) atoms. The van der Waals surface area contributed by atoms with Crippen LogP contribution in [-0.4, -0.2) is 25.9 Å². The SMILES string of the molecule is CCn1c(S[C@@H](C)C(=O)NCc2ccc(F)cc2)nnc1-c1ccc(Cl)cc1. The van der Waals surface area contributed by atoms with E-state index in [0.717, 1.165) is 17.0 Å². The van der Waals surface area contributed by atoms with Crippen LogP contribution >= 0.6 is 23.4 Å². The monoisotopic (exact) mass is 418 g/mol. The molecular weight excluding hydrogens is 399 g/mol. The van der Waals surface area contributed by atoms with Gasteiger partial charge in [-0.25, -0.2) is 4.39 Å². The lowest BCUT2D eigenvalue weighted by Crippen LogP contribution is -2.30. The van der Waals surface area contributed by atoms with Crippen LogP contribution in [0.25, 0.3) is 11.4 Å². The number of carbonyl (C=O) groups excluding carboxylic acids is 1. The molecule has 0 bridgehead atoms. The second kappa shape index (κ2) is 9.21. The van der Waals surface area contributed by atoms with Crippen LogP contribution in [0.5, 0.6) is 0 Å². The van der Waals surface area contributed by atoms with Crippen LogP contribution < -0.4 is 5.32 Å². The number of nitrogens with zero attached hydrogens (tertiary/aromatic N) is 3. The van der Waals surface area contributed by atoms with Crippen molar-refractivity contribution < 1.29 is 9.18 Å². The van der Waals surface area contributed by atoms with Gasteiger partial charge in [0.15, 0.2) is 11.0 Å². The molecular formula is C20H20ClFN4OS. The Balaban J connectivity index is 1.66. The molecule has 0 aliphatic carbocycles. The Kier molecular flexibility index (Phi) is 6.70. The molecule has 146 valence electrons. The molecule has 1 aromatic heterocycles. The van der Waals surface area contributed by atoms with E-state index in [2.05, 4.69) is 15.5 Å². The van der Waals surface area contributed by atoms with Crippen molar-refractivity contribution in [3.8, 4) is 11.4 Å². The van der Waals surface area contributed by atoms with Crippen molar-refractivity contribution in [1.29, 1.82) is 0 Å². The fraction of sp³-hybridized carbons (Fsp3) is 0.250. The minimum Gasteiger partial charge on any atom is -0.351 e. The Morgan fingerprint density at radius 3 is 2.50 bits per heavy atom. The summed E-state index contributed by atoms with van der Waals surface area (Å²) in [5.41, 5.74) is 1.76. The molecule has 0 spiro atoms. The van der Waals surface area contributed by atoms with Gasteiger partial charge < -0.3 is 9.88 Å². The average molecular weight is 419 g/mol. The number of hydrogen-bond acceptors (Lipinski definition) is 4. The Bertz CT molecular complexity index is 944. The van der Waals surface area contributed by atoms with Gasteiger partial charge >= 0.3 is 0 Å². The summed E-state index contributed by atoms with van der Waals surface area (Å²) in [5, 5.41) is 12.4. The Hall–Kier alpha value is -2.38. The number of nitrogens with one attached hydrogen (secondary N) is 1. The number of carbonyl (C=O) groups is 1. The molecule has 1 amide bonds. The first-order valence-corrected chi connectivity index (χ1v) is 10.1. The smallest absolute Gasteiger partial charge is 0.233 e. The number of hydrogen-bond donors (Lipinski definition) is 1. The van der Waals surface area contributed by atoms with Gasteiger partial charge in [-0.2, -0.15) is 0 Å². The zero-order chi connectivity index (χ0) is 20.1. The van der Waals surface area contributed by atoms with E-state index in [-0.39, 0.29) is 17.0 Å². The van der Waals surface area contributed by atoms with E-state index in [1.165, 1.54) is 23.9 Å². The number of thioether (sulfide) groups is 1. The molecule has 2 aromatic carbocycles. The fourth-order valence-electron chi connectivity index (χ4n) is 2.62. The summed E-state index contributed by atoms with van der Waals surface area (Å²) < 4.78 is 14.9. The maximum absolute atomic E-state index is 13.0. The third-order valence-electron chi connectivity index (χ3n) is 4.17. The van der Waals surface area contributed by atoms with E-state index in [9.17, 15) is 9.18 Å². The molecule has 0 radical (unpaired) electrons. The van der Waals surface area contributed by atoms with Gasteiger partial charge in [0.2, 0.25) is 5.91 Å². The topological polar surface area (TPSA) is 59.8 Å². The van der Waals surface area contributed by atoms with Gasteiger partial charge in [-0.15, -0.1) is 10.2 Å². The summed E-state index contributed by atoms with van der Waals surface area (Å²) in [6.07, 6.45) is 0. The fourth-order valence-corrected chi connectivity index (χ4v) is 3.68. The normalized spacial score (nSPS) is 12.0. The van der Waals surface area contributed by atoms with Crippen molar-refractivity contribution in [3.05, 3.63) is 64.9 Å². The highest BCUT2D eigenvalue weighted by atomic mass is 35.5. The molecule has 3 aromatic rings. The summed E-state index contributed by atoms with van der Waals surface area (Å²) in [4.78, 5) is 12.4. The van der Waals surface area contributed by atoms with Gasteiger partial charge in [0.25, 0.3) is 0 Å². The summed E-state index contributed by atoms with van der Waals surface area (Å²) in [5.74, 6) is 0.322. The molecule has 3 rings (SSSR count). The van der Waals surface area contributed by atoms with E-state index in [0.29, 0.717) is 23.3 Å².